The Morgan fingerprint density at radius 3 is 1.57 bits per heavy atom. The van der Waals surface area contributed by atoms with Crippen molar-refractivity contribution < 1.29 is 45.0 Å². The van der Waals surface area contributed by atoms with E-state index in [0.717, 1.165) is 24.7 Å². The van der Waals surface area contributed by atoms with Crippen LogP contribution in [0.15, 0.2) is 58.3 Å². The number of amides is 2. The average molecular weight is 832 g/mol. The minimum Gasteiger partial charge on any atom is -0.444 e. The second kappa shape index (κ2) is 21.6. The summed E-state index contributed by atoms with van der Waals surface area (Å²) >= 11 is 11.0. The molecule has 2 amide bonds. The quantitative estimate of drug-likeness (QED) is 0.149. The highest BCUT2D eigenvalue weighted by molar-refractivity contribution is 7.99. The van der Waals surface area contributed by atoms with Gasteiger partial charge in [0.1, 0.15) is 11.2 Å². The van der Waals surface area contributed by atoms with Crippen molar-refractivity contribution in [2.45, 2.75) is 101 Å². The molecule has 0 N–H and O–H groups in total. The molecule has 0 aliphatic carbocycles. The molecule has 53 heavy (non-hydrogen) atoms. The fraction of sp³-hybridized carbons (Fsp3) is 0.622. The Balaban J connectivity index is 0.000000342. The lowest BCUT2D eigenvalue weighted by Gasteiger charge is -2.33. The van der Waals surface area contributed by atoms with Gasteiger partial charge in [-0.2, -0.15) is 0 Å². The number of alkyl halides is 6. The zero-order valence-electron chi connectivity index (χ0n) is 31.1. The summed E-state index contributed by atoms with van der Waals surface area (Å²) in [6.07, 6.45) is -3.22. The summed E-state index contributed by atoms with van der Waals surface area (Å²) in [5.74, 6) is 0.856. The average Bonchev–Trinajstić information content (AvgIpc) is 3.07. The molecule has 0 atom stereocenters. The van der Waals surface area contributed by atoms with Crippen LogP contribution in [0.2, 0.25) is 0 Å². The van der Waals surface area contributed by atoms with Crippen LogP contribution in [-0.4, -0.2) is 84.6 Å². The number of halogens is 6. The van der Waals surface area contributed by atoms with E-state index in [9.17, 15) is 35.6 Å². The van der Waals surface area contributed by atoms with Gasteiger partial charge in [-0.25, -0.2) is 35.6 Å². The monoisotopic (exact) mass is 830 g/mol. The molecule has 0 spiro atoms. The van der Waals surface area contributed by atoms with E-state index in [1.54, 1.807) is 48.8 Å². The number of sulfone groups is 1. The SMILES string of the molecule is CC(C)(C)OC(=O)N1CCC(CS(=O)(=O)c2ccccc2C(F)F)CC1.CC(C)(C)OC(=O)N1CCC(CSc2ccccc2C(F)F)CC1.ClCCl. The fourth-order valence-electron chi connectivity index (χ4n) is 5.56. The maximum absolute atomic E-state index is 13.1. The Labute approximate surface area is 326 Å². The minimum absolute atomic E-state index is 0.105. The Hall–Kier alpha value is -2.42. The van der Waals surface area contributed by atoms with Crippen molar-refractivity contribution in [3.8, 4) is 0 Å². The molecule has 2 heterocycles. The number of nitrogens with zero attached hydrogens (tertiary/aromatic N) is 2. The Morgan fingerprint density at radius 1 is 0.736 bits per heavy atom. The first-order valence-electron chi connectivity index (χ1n) is 17.3. The van der Waals surface area contributed by atoms with Gasteiger partial charge in [-0.05, 0) is 91.2 Å². The topological polar surface area (TPSA) is 93.2 Å². The molecule has 2 saturated heterocycles. The summed E-state index contributed by atoms with van der Waals surface area (Å²) < 4.78 is 88.0. The normalized spacial score (nSPS) is 16.0. The molecular formula is C37H52Cl2F4N2O6S2. The molecular weight excluding hydrogens is 779 g/mol. The van der Waals surface area contributed by atoms with Gasteiger partial charge in [0, 0.05) is 48.0 Å². The highest BCUT2D eigenvalue weighted by Gasteiger charge is 2.32. The van der Waals surface area contributed by atoms with Crippen molar-refractivity contribution in [2.24, 2.45) is 11.8 Å². The summed E-state index contributed by atoms with van der Waals surface area (Å²) in [6, 6.07) is 11.9. The molecule has 0 aromatic heterocycles. The van der Waals surface area contributed by atoms with Crippen molar-refractivity contribution in [2.75, 3.05) is 43.0 Å². The van der Waals surface area contributed by atoms with E-state index in [0.29, 0.717) is 49.8 Å². The van der Waals surface area contributed by atoms with Crippen LogP contribution in [0.1, 0.15) is 91.2 Å². The number of hydrogen-bond acceptors (Lipinski definition) is 7. The van der Waals surface area contributed by atoms with E-state index in [1.807, 2.05) is 20.8 Å². The lowest BCUT2D eigenvalue weighted by molar-refractivity contribution is 0.0180. The van der Waals surface area contributed by atoms with Gasteiger partial charge < -0.3 is 19.3 Å². The number of carbonyl (C=O) groups excluding carboxylic acids is 2. The molecule has 2 aliphatic heterocycles. The van der Waals surface area contributed by atoms with Crippen molar-refractivity contribution >= 4 is 57.0 Å². The van der Waals surface area contributed by atoms with E-state index in [2.05, 4.69) is 0 Å². The number of likely N-dealkylation sites (tertiary alicyclic amines) is 2. The largest absolute Gasteiger partial charge is 0.444 e. The zero-order chi connectivity index (χ0) is 40.0. The lowest BCUT2D eigenvalue weighted by Crippen LogP contribution is -2.42. The highest BCUT2D eigenvalue weighted by Crippen LogP contribution is 2.34. The fourth-order valence-corrected chi connectivity index (χ4v) is 8.74. The van der Waals surface area contributed by atoms with Crippen LogP contribution < -0.4 is 0 Å². The van der Waals surface area contributed by atoms with Crippen molar-refractivity contribution in [1.82, 2.24) is 9.80 Å². The molecule has 4 rings (SSSR count). The van der Waals surface area contributed by atoms with Gasteiger partial charge in [0.2, 0.25) is 0 Å². The number of carbonyl (C=O) groups is 2. The summed E-state index contributed by atoms with van der Waals surface area (Å²) in [5.41, 5.74) is -1.42. The van der Waals surface area contributed by atoms with Gasteiger partial charge in [0.05, 0.1) is 16.0 Å². The minimum atomic E-state index is -3.82. The van der Waals surface area contributed by atoms with E-state index in [1.165, 1.54) is 36.0 Å². The van der Waals surface area contributed by atoms with Crippen LogP contribution in [0.3, 0.4) is 0 Å². The van der Waals surface area contributed by atoms with Crippen LogP contribution in [0.4, 0.5) is 27.2 Å². The Kier molecular flexibility index (Phi) is 19.1. The van der Waals surface area contributed by atoms with Crippen LogP contribution in [0.25, 0.3) is 0 Å². The van der Waals surface area contributed by atoms with Crippen molar-refractivity contribution in [1.29, 1.82) is 0 Å². The lowest BCUT2D eigenvalue weighted by atomic mass is 9.99. The predicted octanol–water partition coefficient (Wildman–Crippen LogP) is 10.8. The molecule has 2 fully saturated rings. The van der Waals surface area contributed by atoms with Crippen molar-refractivity contribution in [3.63, 3.8) is 0 Å². The standard InChI is InChI=1S/C18H25F2NO4S.C18H25F2NO2S.CH2Cl2/c1-18(2,3)25-17(22)21-10-8-13(9-11-21)12-26(23,24)15-7-5-4-6-14(15)16(19)20;1-18(2,3)23-17(22)21-10-8-13(9-11-21)12-24-15-7-5-4-6-14(15)16(19)20;2-1-3/h4-7,13,16H,8-12H2,1-3H3;4-7,13,16H,8-12H2,1-3H3;1H2. The molecule has 2 aromatic rings. The van der Waals surface area contributed by atoms with Gasteiger partial charge in [-0.15, -0.1) is 35.0 Å². The first-order chi connectivity index (χ1) is 24.7. The number of piperidine rings is 2. The molecule has 0 saturated carbocycles. The van der Waals surface area contributed by atoms with Gasteiger partial charge in [0.15, 0.2) is 9.84 Å². The molecule has 300 valence electrons. The molecule has 8 nitrogen and oxygen atoms in total. The highest BCUT2D eigenvalue weighted by atomic mass is 35.5. The van der Waals surface area contributed by atoms with Gasteiger partial charge >= 0.3 is 12.2 Å². The van der Waals surface area contributed by atoms with Crippen LogP contribution in [0.5, 0.6) is 0 Å². The first kappa shape index (κ1) is 46.7. The number of thioether (sulfide) groups is 1. The molecule has 0 radical (unpaired) electrons. The van der Waals surface area contributed by atoms with Crippen LogP contribution in [0, 0.1) is 11.8 Å². The summed E-state index contributed by atoms with van der Waals surface area (Å²) in [6.45, 7) is 13.0. The van der Waals surface area contributed by atoms with E-state index >= 15 is 0 Å². The van der Waals surface area contributed by atoms with E-state index < -0.39 is 45.5 Å². The third kappa shape index (κ3) is 16.9. The number of hydrogen-bond donors (Lipinski definition) is 0. The second-order valence-corrected chi connectivity index (χ2v) is 18.6. The third-order valence-corrected chi connectivity index (χ3v) is 11.4. The number of rotatable bonds is 8. The van der Waals surface area contributed by atoms with Gasteiger partial charge in [-0.3, -0.25) is 0 Å². The third-order valence-electron chi connectivity index (χ3n) is 8.11. The maximum Gasteiger partial charge on any atom is 0.410 e. The summed E-state index contributed by atoms with van der Waals surface area (Å²) in [7, 11) is -3.82. The van der Waals surface area contributed by atoms with Crippen LogP contribution in [-0.2, 0) is 19.3 Å². The summed E-state index contributed by atoms with van der Waals surface area (Å²) in [5, 5.41) is 0.194. The Bertz CT molecular complexity index is 1540. The smallest absolute Gasteiger partial charge is 0.410 e. The number of ether oxygens (including phenoxy) is 2. The van der Waals surface area contributed by atoms with E-state index in [-0.39, 0.29) is 33.6 Å². The second-order valence-electron chi connectivity index (χ2n) is 14.7. The van der Waals surface area contributed by atoms with Crippen LogP contribution >= 0.6 is 35.0 Å². The zero-order valence-corrected chi connectivity index (χ0v) is 34.3. The molecule has 2 aromatic carbocycles. The maximum atomic E-state index is 13.1. The molecule has 2 aliphatic rings. The molecule has 0 unspecified atom stereocenters. The molecule has 0 bridgehead atoms. The first-order valence-corrected chi connectivity index (χ1v) is 21.1. The molecule has 16 heteroatoms. The predicted molar refractivity (Wildman–Crippen MR) is 203 cm³/mol. The van der Waals surface area contributed by atoms with Gasteiger partial charge in [0.25, 0.3) is 12.9 Å². The van der Waals surface area contributed by atoms with Crippen molar-refractivity contribution in [3.05, 3.63) is 59.7 Å². The van der Waals surface area contributed by atoms with E-state index in [4.69, 9.17) is 32.7 Å². The van der Waals surface area contributed by atoms with Gasteiger partial charge in [-0.1, -0.05) is 36.4 Å². The number of benzene rings is 2. The summed E-state index contributed by atoms with van der Waals surface area (Å²) in [4.78, 5) is 27.7. The Morgan fingerprint density at radius 2 is 1.13 bits per heavy atom.